The van der Waals surface area contributed by atoms with Crippen LogP contribution in [0.2, 0.25) is 0 Å². The fourth-order valence-electron chi connectivity index (χ4n) is 3.16. The van der Waals surface area contributed by atoms with Gasteiger partial charge in [-0.15, -0.1) is 0 Å². The topological polar surface area (TPSA) is 83.9 Å². The summed E-state index contributed by atoms with van der Waals surface area (Å²) < 4.78 is 60.4. The highest BCUT2D eigenvalue weighted by molar-refractivity contribution is 7.93. The van der Waals surface area contributed by atoms with E-state index >= 15 is 0 Å². The number of anilines is 1. The molecule has 27 heavy (non-hydrogen) atoms. The summed E-state index contributed by atoms with van der Waals surface area (Å²) in [5.74, 6) is -2.76. The number of benzene rings is 2. The van der Waals surface area contributed by atoms with Gasteiger partial charge in [0.2, 0.25) is 0 Å². The second-order valence-electron chi connectivity index (χ2n) is 6.12. The second kappa shape index (κ2) is 7.15. The van der Waals surface area contributed by atoms with E-state index < -0.39 is 27.6 Å². The van der Waals surface area contributed by atoms with E-state index in [1.165, 1.54) is 25.3 Å². The minimum atomic E-state index is -4.23. The third kappa shape index (κ3) is 3.59. The molecule has 1 aliphatic heterocycles. The minimum Gasteiger partial charge on any atom is -0.495 e. The fourth-order valence-corrected chi connectivity index (χ4v) is 4.89. The zero-order valence-corrected chi connectivity index (χ0v) is 15.2. The van der Waals surface area contributed by atoms with Gasteiger partial charge in [-0.2, -0.15) is 0 Å². The average molecular weight is 397 g/mol. The van der Waals surface area contributed by atoms with Crippen LogP contribution in [-0.4, -0.2) is 33.1 Å². The van der Waals surface area contributed by atoms with Crippen LogP contribution in [-0.2, 0) is 27.7 Å². The maximum atomic E-state index is 14.1. The summed E-state index contributed by atoms with van der Waals surface area (Å²) in [7, 11) is -2.94. The number of methoxy groups -OCH3 is 1. The van der Waals surface area contributed by atoms with Crippen LogP contribution in [0.1, 0.15) is 17.5 Å². The van der Waals surface area contributed by atoms with Crippen molar-refractivity contribution >= 4 is 21.7 Å². The monoisotopic (exact) mass is 397 g/mol. The largest absolute Gasteiger partial charge is 0.495 e. The molecule has 0 unspecified atom stereocenters. The van der Waals surface area contributed by atoms with Gasteiger partial charge in [0.05, 0.1) is 19.2 Å². The molecule has 0 aromatic heterocycles. The SMILES string of the molecule is COc1ccc(CC(=O)O)cc1S(=O)(=O)N1CCCc2c(F)cc(F)cc21. The molecule has 1 heterocycles. The van der Waals surface area contributed by atoms with E-state index in [1.54, 1.807) is 0 Å². The van der Waals surface area contributed by atoms with Crippen molar-refractivity contribution in [1.82, 2.24) is 0 Å². The van der Waals surface area contributed by atoms with Crippen LogP contribution >= 0.6 is 0 Å². The maximum Gasteiger partial charge on any atom is 0.307 e. The molecule has 0 saturated heterocycles. The Morgan fingerprint density at radius 3 is 2.67 bits per heavy atom. The number of ether oxygens (including phenoxy) is 1. The van der Waals surface area contributed by atoms with E-state index in [-0.39, 0.29) is 40.4 Å². The number of nitrogens with zero attached hydrogens (tertiary/aromatic N) is 1. The standard InChI is InChI=1S/C18H17F2NO5S/c1-26-16-5-4-11(8-18(22)23)7-17(16)27(24,25)21-6-2-3-13-14(20)9-12(19)10-15(13)21/h4-5,7,9-10H,2-3,6,8H2,1H3,(H,22,23). The number of hydrogen-bond acceptors (Lipinski definition) is 4. The van der Waals surface area contributed by atoms with Crippen molar-refractivity contribution in [3.05, 3.63) is 53.1 Å². The van der Waals surface area contributed by atoms with Gasteiger partial charge in [-0.05, 0) is 36.6 Å². The molecule has 0 fully saturated rings. The van der Waals surface area contributed by atoms with Gasteiger partial charge in [0.1, 0.15) is 22.3 Å². The summed E-state index contributed by atoms with van der Waals surface area (Å²) in [6.07, 6.45) is 0.294. The van der Waals surface area contributed by atoms with Crippen LogP contribution in [0.3, 0.4) is 0 Å². The number of halogens is 2. The highest BCUT2D eigenvalue weighted by Crippen LogP contribution is 2.37. The van der Waals surface area contributed by atoms with Gasteiger partial charge < -0.3 is 9.84 Å². The highest BCUT2D eigenvalue weighted by Gasteiger charge is 2.33. The zero-order chi connectivity index (χ0) is 19.8. The minimum absolute atomic E-state index is 0.0214. The molecule has 0 radical (unpaired) electrons. The van der Waals surface area contributed by atoms with E-state index in [0.29, 0.717) is 12.8 Å². The molecule has 2 aromatic carbocycles. The Labute approximate surface area is 155 Å². The lowest BCUT2D eigenvalue weighted by Crippen LogP contribution is -2.36. The summed E-state index contributed by atoms with van der Waals surface area (Å²) in [5, 5.41) is 8.95. The highest BCUT2D eigenvalue weighted by atomic mass is 32.2. The molecule has 144 valence electrons. The Balaban J connectivity index is 2.15. The zero-order valence-electron chi connectivity index (χ0n) is 14.4. The Morgan fingerprint density at radius 1 is 1.26 bits per heavy atom. The summed E-state index contributed by atoms with van der Waals surface area (Å²) in [5.41, 5.74) is 0.348. The van der Waals surface area contributed by atoms with E-state index in [4.69, 9.17) is 9.84 Å². The molecule has 9 heteroatoms. The van der Waals surface area contributed by atoms with Crippen molar-refractivity contribution in [2.24, 2.45) is 0 Å². The van der Waals surface area contributed by atoms with Gasteiger partial charge >= 0.3 is 5.97 Å². The lowest BCUT2D eigenvalue weighted by atomic mass is 10.0. The number of carboxylic acids is 1. The lowest BCUT2D eigenvalue weighted by molar-refractivity contribution is -0.136. The smallest absolute Gasteiger partial charge is 0.307 e. The van der Waals surface area contributed by atoms with Crippen LogP contribution in [0.25, 0.3) is 0 Å². The fraction of sp³-hybridized carbons (Fsp3) is 0.278. The number of carbonyl (C=O) groups is 1. The molecule has 0 atom stereocenters. The Bertz CT molecular complexity index is 1010. The Morgan fingerprint density at radius 2 is 2.00 bits per heavy atom. The van der Waals surface area contributed by atoms with Crippen molar-refractivity contribution in [1.29, 1.82) is 0 Å². The number of hydrogen-bond donors (Lipinski definition) is 1. The molecule has 1 N–H and O–H groups in total. The van der Waals surface area contributed by atoms with Crippen LogP contribution in [0.4, 0.5) is 14.5 Å². The van der Waals surface area contributed by atoms with E-state index in [1.807, 2.05) is 0 Å². The van der Waals surface area contributed by atoms with Gasteiger partial charge in [-0.25, -0.2) is 17.2 Å². The first-order valence-corrected chi connectivity index (χ1v) is 9.57. The predicted molar refractivity (Wildman–Crippen MR) is 93.5 cm³/mol. The van der Waals surface area contributed by atoms with Gasteiger partial charge in [0.25, 0.3) is 10.0 Å². The van der Waals surface area contributed by atoms with Crippen molar-refractivity contribution in [2.75, 3.05) is 18.0 Å². The van der Waals surface area contributed by atoms with Gasteiger partial charge in [0.15, 0.2) is 0 Å². The maximum absolute atomic E-state index is 14.1. The molecule has 2 aromatic rings. The molecular weight excluding hydrogens is 380 g/mol. The molecule has 0 saturated carbocycles. The second-order valence-corrected chi connectivity index (χ2v) is 7.95. The number of aliphatic carboxylic acids is 1. The summed E-state index contributed by atoms with van der Waals surface area (Å²) >= 11 is 0. The normalized spacial score (nSPS) is 14.0. The molecule has 6 nitrogen and oxygen atoms in total. The van der Waals surface area contributed by atoms with Crippen molar-refractivity contribution in [3.63, 3.8) is 0 Å². The molecule has 0 bridgehead atoms. The van der Waals surface area contributed by atoms with Crippen LogP contribution in [0.5, 0.6) is 5.75 Å². The van der Waals surface area contributed by atoms with Crippen LogP contribution in [0, 0.1) is 11.6 Å². The number of carboxylic acid groups (broad SMARTS) is 1. The lowest BCUT2D eigenvalue weighted by Gasteiger charge is -2.31. The summed E-state index contributed by atoms with van der Waals surface area (Å²) in [6.45, 7) is 0.0462. The third-order valence-corrected chi connectivity index (χ3v) is 6.18. The van der Waals surface area contributed by atoms with Crippen molar-refractivity contribution in [3.8, 4) is 5.75 Å². The molecule has 3 rings (SSSR count). The van der Waals surface area contributed by atoms with Crippen LogP contribution in [0.15, 0.2) is 35.2 Å². The molecular formula is C18H17F2NO5S. The Kier molecular flexibility index (Phi) is 5.05. The van der Waals surface area contributed by atoms with Crippen LogP contribution < -0.4 is 9.04 Å². The summed E-state index contributed by atoms with van der Waals surface area (Å²) in [4.78, 5) is 10.7. The first-order chi connectivity index (χ1) is 12.7. The predicted octanol–water partition coefficient (Wildman–Crippen LogP) is 2.74. The molecule has 1 aliphatic rings. The van der Waals surface area contributed by atoms with E-state index in [0.717, 1.165) is 16.4 Å². The third-order valence-electron chi connectivity index (χ3n) is 4.34. The molecule has 0 aliphatic carbocycles. The van der Waals surface area contributed by atoms with E-state index in [9.17, 15) is 22.0 Å². The quantitative estimate of drug-likeness (QED) is 0.839. The first-order valence-electron chi connectivity index (χ1n) is 8.13. The average Bonchev–Trinajstić information content (AvgIpc) is 2.60. The number of rotatable bonds is 5. The van der Waals surface area contributed by atoms with Gasteiger partial charge in [-0.3, -0.25) is 9.10 Å². The van der Waals surface area contributed by atoms with E-state index in [2.05, 4.69) is 0 Å². The molecule has 0 spiro atoms. The number of sulfonamides is 1. The summed E-state index contributed by atoms with van der Waals surface area (Å²) in [6, 6.07) is 5.75. The Hall–Kier alpha value is -2.68. The first kappa shape index (κ1) is 19.1. The van der Waals surface area contributed by atoms with Gasteiger partial charge in [-0.1, -0.05) is 6.07 Å². The van der Waals surface area contributed by atoms with Gasteiger partial charge in [0, 0.05) is 18.2 Å². The number of fused-ring (bicyclic) bond motifs is 1. The van der Waals surface area contributed by atoms with Crippen molar-refractivity contribution < 1.29 is 31.8 Å². The molecule has 0 amide bonds. The van der Waals surface area contributed by atoms with Crippen molar-refractivity contribution in [2.45, 2.75) is 24.2 Å².